The summed E-state index contributed by atoms with van der Waals surface area (Å²) in [7, 11) is 3.94. The molecule has 0 aliphatic carbocycles. The molecule has 0 aliphatic heterocycles. The standard InChI is InChI=1S/C17H17NO2/c1-18(2)15-10-8-13(9-11-15)12-16(17(19)20)14-6-4-3-5-7-14/h3-12H,1-2H3,(H,19,20)/b16-12+. The highest BCUT2D eigenvalue weighted by Crippen LogP contribution is 2.20. The topological polar surface area (TPSA) is 40.5 Å². The van der Waals surface area contributed by atoms with E-state index in [1.807, 2.05) is 61.5 Å². The lowest BCUT2D eigenvalue weighted by Crippen LogP contribution is -2.08. The van der Waals surface area contributed by atoms with Crippen molar-refractivity contribution in [1.82, 2.24) is 0 Å². The summed E-state index contributed by atoms with van der Waals surface area (Å²) in [4.78, 5) is 13.4. The van der Waals surface area contributed by atoms with Gasteiger partial charge in [0.1, 0.15) is 0 Å². The number of benzene rings is 2. The summed E-state index contributed by atoms with van der Waals surface area (Å²) in [5.41, 5.74) is 2.95. The molecule has 2 rings (SSSR count). The second kappa shape index (κ2) is 6.06. The number of hydrogen-bond donors (Lipinski definition) is 1. The largest absolute Gasteiger partial charge is 0.478 e. The molecular formula is C17H17NO2. The molecule has 20 heavy (non-hydrogen) atoms. The van der Waals surface area contributed by atoms with Gasteiger partial charge >= 0.3 is 5.97 Å². The van der Waals surface area contributed by atoms with Gasteiger partial charge in [0.25, 0.3) is 0 Å². The van der Waals surface area contributed by atoms with Crippen molar-refractivity contribution in [2.75, 3.05) is 19.0 Å². The van der Waals surface area contributed by atoms with E-state index in [4.69, 9.17) is 0 Å². The zero-order valence-corrected chi connectivity index (χ0v) is 11.6. The van der Waals surface area contributed by atoms with Crippen molar-refractivity contribution in [2.45, 2.75) is 0 Å². The molecule has 0 bridgehead atoms. The van der Waals surface area contributed by atoms with Crippen LogP contribution in [0.1, 0.15) is 11.1 Å². The highest BCUT2D eigenvalue weighted by molar-refractivity contribution is 6.20. The van der Waals surface area contributed by atoms with Crippen LogP contribution in [0.15, 0.2) is 54.6 Å². The SMILES string of the molecule is CN(C)c1ccc(/C=C(/C(=O)O)c2ccccc2)cc1. The Labute approximate surface area is 118 Å². The molecule has 0 spiro atoms. The van der Waals surface area contributed by atoms with Gasteiger partial charge in [-0.05, 0) is 29.3 Å². The molecule has 102 valence electrons. The summed E-state index contributed by atoms with van der Waals surface area (Å²) < 4.78 is 0. The van der Waals surface area contributed by atoms with Crippen molar-refractivity contribution in [2.24, 2.45) is 0 Å². The minimum atomic E-state index is -0.923. The molecule has 0 aliphatic rings. The van der Waals surface area contributed by atoms with Gasteiger partial charge in [-0.3, -0.25) is 0 Å². The van der Waals surface area contributed by atoms with Gasteiger partial charge in [-0.25, -0.2) is 4.79 Å². The van der Waals surface area contributed by atoms with E-state index < -0.39 is 5.97 Å². The van der Waals surface area contributed by atoms with Crippen LogP contribution in [0, 0.1) is 0 Å². The van der Waals surface area contributed by atoms with E-state index in [0.29, 0.717) is 11.1 Å². The molecule has 0 saturated heterocycles. The Balaban J connectivity index is 2.37. The van der Waals surface area contributed by atoms with Crippen molar-refractivity contribution in [1.29, 1.82) is 0 Å². The van der Waals surface area contributed by atoms with Gasteiger partial charge in [0.05, 0.1) is 5.57 Å². The second-order valence-corrected chi connectivity index (χ2v) is 4.72. The third-order valence-electron chi connectivity index (χ3n) is 3.04. The maximum atomic E-state index is 11.4. The van der Waals surface area contributed by atoms with Gasteiger partial charge in [-0.1, -0.05) is 42.5 Å². The maximum absolute atomic E-state index is 11.4. The first-order valence-corrected chi connectivity index (χ1v) is 6.36. The molecule has 0 saturated carbocycles. The summed E-state index contributed by atoms with van der Waals surface area (Å²) in [6.07, 6.45) is 1.69. The minimum Gasteiger partial charge on any atom is -0.478 e. The lowest BCUT2D eigenvalue weighted by atomic mass is 10.0. The number of nitrogens with zero attached hydrogens (tertiary/aromatic N) is 1. The van der Waals surface area contributed by atoms with Crippen molar-refractivity contribution < 1.29 is 9.90 Å². The van der Waals surface area contributed by atoms with Crippen LogP contribution in [0.5, 0.6) is 0 Å². The van der Waals surface area contributed by atoms with Gasteiger partial charge in [-0.15, -0.1) is 0 Å². The van der Waals surface area contributed by atoms with E-state index in [1.165, 1.54) is 0 Å². The summed E-state index contributed by atoms with van der Waals surface area (Å²) in [5.74, 6) is -0.923. The zero-order chi connectivity index (χ0) is 14.5. The number of carbonyl (C=O) groups is 1. The van der Waals surface area contributed by atoms with E-state index in [1.54, 1.807) is 18.2 Å². The number of aliphatic carboxylic acids is 1. The zero-order valence-electron chi connectivity index (χ0n) is 11.6. The quantitative estimate of drug-likeness (QED) is 0.682. The van der Waals surface area contributed by atoms with Crippen LogP contribution in [0.25, 0.3) is 11.6 Å². The lowest BCUT2D eigenvalue weighted by Gasteiger charge is -2.12. The first-order valence-electron chi connectivity index (χ1n) is 6.36. The van der Waals surface area contributed by atoms with E-state index in [-0.39, 0.29) is 0 Å². The van der Waals surface area contributed by atoms with Gasteiger partial charge in [-0.2, -0.15) is 0 Å². The third-order valence-corrected chi connectivity index (χ3v) is 3.04. The highest BCUT2D eigenvalue weighted by Gasteiger charge is 2.09. The fourth-order valence-corrected chi connectivity index (χ4v) is 1.92. The van der Waals surface area contributed by atoms with Crippen molar-refractivity contribution >= 4 is 23.3 Å². The Hall–Kier alpha value is -2.55. The minimum absolute atomic E-state index is 0.295. The number of hydrogen-bond acceptors (Lipinski definition) is 2. The Morgan fingerprint density at radius 2 is 1.60 bits per heavy atom. The number of rotatable bonds is 4. The predicted molar refractivity (Wildman–Crippen MR) is 82.7 cm³/mol. The van der Waals surface area contributed by atoms with Crippen LogP contribution in [0.4, 0.5) is 5.69 Å². The summed E-state index contributed by atoms with van der Waals surface area (Å²) in [6, 6.07) is 16.9. The van der Waals surface area contributed by atoms with Crippen LogP contribution in [-0.2, 0) is 4.79 Å². The molecular weight excluding hydrogens is 250 g/mol. The predicted octanol–water partition coefficient (Wildman–Crippen LogP) is 3.38. The molecule has 1 N–H and O–H groups in total. The molecule has 3 heteroatoms. The van der Waals surface area contributed by atoms with E-state index in [0.717, 1.165) is 11.3 Å². The smallest absolute Gasteiger partial charge is 0.336 e. The van der Waals surface area contributed by atoms with Crippen LogP contribution in [0.2, 0.25) is 0 Å². The monoisotopic (exact) mass is 267 g/mol. The Bertz CT molecular complexity index is 613. The maximum Gasteiger partial charge on any atom is 0.336 e. The molecule has 0 aromatic heterocycles. The molecule has 2 aromatic rings. The van der Waals surface area contributed by atoms with Gasteiger partial charge in [0.15, 0.2) is 0 Å². The Kier molecular flexibility index (Phi) is 4.20. The van der Waals surface area contributed by atoms with E-state index in [2.05, 4.69) is 0 Å². The first kappa shape index (κ1) is 13.9. The van der Waals surface area contributed by atoms with Gasteiger partial charge in [0.2, 0.25) is 0 Å². The molecule has 0 unspecified atom stereocenters. The second-order valence-electron chi connectivity index (χ2n) is 4.72. The molecule has 0 heterocycles. The number of carboxylic acids is 1. The van der Waals surface area contributed by atoms with Crippen molar-refractivity contribution in [3.8, 4) is 0 Å². The molecule has 3 nitrogen and oxygen atoms in total. The number of anilines is 1. The molecule has 0 atom stereocenters. The van der Waals surface area contributed by atoms with E-state index >= 15 is 0 Å². The fraction of sp³-hybridized carbons (Fsp3) is 0.118. The summed E-state index contributed by atoms with van der Waals surface area (Å²) in [6.45, 7) is 0. The lowest BCUT2D eigenvalue weighted by molar-refractivity contribution is -0.130. The molecule has 2 aromatic carbocycles. The Morgan fingerprint density at radius 1 is 1.00 bits per heavy atom. The van der Waals surface area contributed by atoms with Crippen LogP contribution in [-0.4, -0.2) is 25.2 Å². The van der Waals surface area contributed by atoms with Crippen LogP contribution in [0.3, 0.4) is 0 Å². The summed E-state index contributed by atoms with van der Waals surface area (Å²) >= 11 is 0. The molecule has 0 fully saturated rings. The Morgan fingerprint density at radius 3 is 2.10 bits per heavy atom. The van der Waals surface area contributed by atoms with Crippen LogP contribution >= 0.6 is 0 Å². The number of carboxylic acid groups (broad SMARTS) is 1. The molecule has 0 amide bonds. The normalized spacial score (nSPS) is 11.2. The van der Waals surface area contributed by atoms with Crippen LogP contribution < -0.4 is 4.90 Å². The van der Waals surface area contributed by atoms with Crippen molar-refractivity contribution in [3.05, 3.63) is 65.7 Å². The highest BCUT2D eigenvalue weighted by atomic mass is 16.4. The molecule has 0 radical (unpaired) electrons. The van der Waals surface area contributed by atoms with Gasteiger partial charge in [0, 0.05) is 19.8 Å². The first-order chi connectivity index (χ1) is 9.58. The third kappa shape index (κ3) is 3.26. The average molecular weight is 267 g/mol. The van der Waals surface area contributed by atoms with Crippen molar-refractivity contribution in [3.63, 3.8) is 0 Å². The average Bonchev–Trinajstić information content (AvgIpc) is 2.46. The fourth-order valence-electron chi connectivity index (χ4n) is 1.92. The summed E-state index contributed by atoms with van der Waals surface area (Å²) in [5, 5.41) is 9.35. The van der Waals surface area contributed by atoms with Gasteiger partial charge < -0.3 is 10.0 Å². The van der Waals surface area contributed by atoms with E-state index in [9.17, 15) is 9.90 Å².